The van der Waals surface area contributed by atoms with Crippen LogP contribution in [0.2, 0.25) is 0 Å². The van der Waals surface area contributed by atoms with Gasteiger partial charge in [0.15, 0.2) is 0 Å². The molecule has 1 aromatic carbocycles. The Kier molecular flexibility index (Phi) is 12.1. The van der Waals surface area contributed by atoms with Crippen LogP contribution >= 0.6 is 0 Å². The van der Waals surface area contributed by atoms with Gasteiger partial charge in [-0.15, -0.1) is 0 Å². The number of epoxide rings is 6. The molecule has 0 bridgehead atoms. The summed E-state index contributed by atoms with van der Waals surface area (Å²) in [5.74, 6) is 0.919. The van der Waals surface area contributed by atoms with E-state index in [0.717, 1.165) is 78.4 Å². The van der Waals surface area contributed by atoms with E-state index < -0.39 is 0 Å². The smallest absolute Gasteiger partial charge is 0.119 e. The summed E-state index contributed by atoms with van der Waals surface area (Å²) in [7, 11) is 0. The molecule has 0 spiro atoms. The zero-order chi connectivity index (χ0) is 18.1. The first kappa shape index (κ1) is 21.1. The Morgan fingerprint density at radius 2 is 1.00 bits per heavy atom. The summed E-state index contributed by atoms with van der Waals surface area (Å²) < 4.78 is 32.9. The fourth-order valence-electron chi connectivity index (χ4n) is 0.870. The molecule has 26 heavy (non-hydrogen) atoms. The predicted molar refractivity (Wildman–Crippen MR) is 95.8 cm³/mol. The van der Waals surface area contributed by atoms with E-state index >= 15 is 0 Å². The maximum absolute atomic E-state index is 5.40. The molecule has 1 aromatic rings. The van der Waals surface area contributed by atoms with Crippen LogP contribution in [0.4, 0.5) is 0 Å². The maximum atomic E-state index is 5.40. The number of hydrogen-bond donors (Lipinski definition) is 0. The highest BCUT2D eigenvalue weighted by atomic mass is 16.6. The van der Waals surface area contributed by atoms with Crippen molar-refractivity contribution in [3.63, 3.8) is 0 Å². The summed E-state index contributed by atoms with van der Waals surface area (Å²) in [6, 6.07) is 9.79. The molecule has 0 radical (unpaired) electrons. The van der Waals surface area contributed by atoms with Crippen molar-refractivity contribution in [2.24, 2.45) is 0 Å². The summed E-state index contributed by atoms with van der Waals surface area (Å²) in [4.78, 5) is 0. The number of para-hydroxylation sites is 1. The van der Waals surface area contributed by atoms with Crippen molar-refractivity contribution in [2.75, 3.05) is 79.3 Å². The predicted octanol–water partition coefficient (Wildman–Crippen LogP) is 1.55. The third kappa shape index (κ3) is 27.6. The molecular weight excluding hydrogens is 340 g/mol. The van der Waals surface area contributed by atoms with E-state index in [1.807, 2.05) is 30.3 Å². The molecule has 6 saturated heterocycles. The van der Waals surface area contributed by atoms with Gasteiger partial charge in [-0.2, -0.15) is 0 Å². The lowest BCUT2D eigenvalue weighted by Gasteiger charge is -2.01. The standard InChI is InChI=1S/C9H10O2.5C2H4O/c1-2-4-8(5-3-1)10-6-9-7-11-9;5*1-2-3-1/h1-5,9H,6-7H2;5*1-2H2. The number of ether oxygens (including phenoxy) is 7. The normalized spacial score (nSPS) is 22.8. The highest BCUT2D eigenvalue weighted by molar-refractivity contribution is 5.20. The fourth-order valence-corrected chi connectivity index (χ4v) is 0.870. The largest absolute Gasteiger partial charge is 0.491 e. The Morgan fingerprint density at radius 1 is 0.654 bits per heavy atom. The van der Waals surface area contributed by atoms with Crippen LogP contribution in [0.5, 0.6) is 5.75 Å². The van der Waals surface area contributed by atoms with Gasteiger partial charge in [0.05, 0.1) is 72.7 Å². The third-order valence-electron chi connectivity index (χ3n) is 2.60. The topological polar surface area (TPSA) is 84.4 Å². The van der Waals surface area contributed by atoms with Gasteiger partial charge in [-0.25, -0.2) is 0 Å². The summed E-state index contributed by atoms with van der Waals surface area (Å²) in [6.07, 6.45) is 0.343. The minimum Gasteiger partial charge on any atom is -0.491 e. The molecule has 0 N–H and O–H groups in total. The summed E-state index contributed by atoms with van der Waals surface area (Å²) >= 11 is 0. The quantitative estimate of drug-likeness (QED) is 0.746. The van der Waals surface area contributed by atoms with Crippen LogP contribution in [-0.4, -0.2) is 85.4 Å². The van der Waals surface area contributed by atoms with Gasteiger partial charge in [0, 0.05) is 0 Å². The van der Waals surface area contributed by atoms with E-state index in [0.29, 0.717) is 12.7 Å². The molecule has 7 nitrogen and oxygen atoms in total. The molecule has 7 heteroatoms. The van der Waals surface area contributed by atoms with Gasteiger partial charge in [-0.1, -0.05) is 18.2 Å². The molecule has 0 aromatic heterocycles. The van der Waals surface area contributed by atoms with Gasteiger partial charge >= 0.3 is 0 Å². The SMILES string of the molecule is C1CO1.C1CO1.C1CO1.C1CO1.C1CO1.c1ccc(OCC2CO2)cc1. The van der Waals surface area contributed by atoms with Gasteiger partial charge in [0.25, 0.3) is 0 Å². The first-order valence-electron chi connectivity index (χ1n) is 9.13. The van der Waals surface area contributed by atoms with Crippen molar-refractivity contribution in [2.45, 2.75) is 6.10 Å². The van der Waals surface area contributed by atoms with Crippen molar-refractivity contribution < 1.29 is 33.2 Å². The molecule has 0 saturated carbocycles. The van der Waals surface area contributed by atoms with Gasteiger partial charge in [-0.05, 0) is 12.1 Å². The second-order valence-corrected chi connectivity index (χ2v) is 5.64. The molecule has 0 aliphatic carbocycles. The van der Waals surface area contributed by atoms with Crippen LogP contribution in [0, 0.1) is 0 Å². The minimum atomic E-state index is 0.343. The summed E-state index contributed by atoms with van der Waals surface area (Å²) in [5, 5.41) is 0. The molecule has 7 rings (SSSR count). The number of hydrogen-bond acceptors (Lipinski definition) is 7. The Balaban J connectivity index is 0.000000131. The minimum absolute atomic E-state index is 0.343. The van der Waals surface area contributed by atoms with E-state index in [2.05, 4.69) is 23.7 Å². The Morgan fingerprint density at radius 3 is 1.27 bits per heavy atom. The molecule has 6 fully saturated rings. The summed E-state index contributed by atoms with van der Waals surface area (Å²) in [6.45, 7) is 11.5. The second-order valence-electron chi connectivity index (χ2n) is 5.64. The number of rotatable bonds is 3. The fraction of sp³-hybridized carbons (Fsp3) is 0.684. The van der Waals surface area contributed by atoms with Crippen LogP contribution < -0.4 is 4.74 Å². The van der Waals surface area contributed by atoms with Crippen molar-refractivity contribution in [1.82, 2.24) is 0 Å². The monoisotopic (exact) mass is 370 g/mol. The van der Waals surface area contributed by atoms with Gasteiger partial charge in [0.2, 0.25) is 0 Å². The van der Waals surface area contributed by atoms with E-state index in [1.54, 1.807) is 0 Å². The molecule has 6 aliphatic heterocycles. The number of benzene rings is 1. The van der Waals surface area contributed by atoms with Crippen LogP contribution in [-0.2, 0) is 28.4 Å². The van der Waals surface area contributed by atoms with Crippen LogP contribution in [0.3, 0.4) is 0 Å². The Hall–Kier alpha value is -1.22. The maximum Gasteiger partial charge on any atom is 0.119 e. The average molecular weight is 370 g/mol. The van der Waals surface area contributed by atoms with Crippen molar-refractivity contribution in [3.8, 4) is 5.75 Å². The second kappa shape index (κ2) is 14.9. The highest BCUT2D eigenvalue weighted by Crippen LogP contribution is 2.13. The third-order valence-corrected chi connectivity index (χ3v) is 2.60. The Bertz CT molecular complexity index is 367. The van der Waals surface area contributed by atoms with Gasteiger partial charge in [0.1, 0.15) is 18.5 Å². The molecule has 1 unspecified atom stereocenters. The van der Waals surface area contributed by atoms with Crippen LogP contribution in [0.15, 0.2) is 30.3 Å². The molecule has 148 valence electrons. The average Bonchev–Trinajstić information content (AvgIpc) is 3.57. The van der Waals surface area contributed by atoms with Crippen LogP contribution in [0.1, 0.15) is 0 Å². The van der Waals surface area contributed by atoms with E-state index in [9.17, 15) is 0 Å². The van der Waals surface area contributed by atoms with E-state index in [4.69, 9.17) is 9.47 Å². The Labute approximate surface area is 155 Å². The zero-order valence-electron chi connectivity index (χ0n) is 15.3. The lowest BCUT2D eigenvalue weighted by molar-refractivity contribution is 0.263. The molecule has 6 aliphatic rings. The lowest BCUT2D eigenvalue weighted by Crippen LogP contribution is -2.03. The molecule has 6 heterocycles. The first-order chi connectivity index (χ1) is 12.9. The van der Waals surface area contributed by atoms with Gasteiger partial charge in [-0.3, -0.25) is 0 Å². The highest BCUT2D eigenvalue weighted by Gasteiger charge is 2.22. The molecule has 1 atom stereocenters. The molecular formula is C19H30O7. The zero-order valence-corrected chi connectivity index (χ0v) is 15.3. The summed E-state index contributed by atoms with van der Waals surface area (Å²) in [5.41, 5.74) is 0. The van der Waals surface area contributed by atoms with Crippen molar-refractivity contribution in [3.05, 3.63) is 30.3 Å². The lowest BCUT2D eigenvalue weighted by atomic mass is 10.3. The molecule has 0 amide bonds. The van der Waals surface area contributed by atoms with E-state index in [1.165, 1.54) is 0 Å². The van der Waals surface area contributed by atoms with Crippen LogP contribution in [0.25, 0.3) is 0 Å². The van der Waals surface area contributed by atoms with Gasteiger partial charge < -0.3 is 33.2 Å². The van der Waals surface area contributed by atoms with Crippen molar-refractivity contribution in [1.29, 1.82) is 0 Å². The first-order valence-corrected chi connectivity index (χ1v) is 9.13. The van der Waals surface area contributed by atoms with Crippen molar-refractivity contribution >= 4 is 0 Å². The van der Waals surface area contributed by atoms with E-state index in [-0.39, 0.29) is 0 Å².